The fraction of sp³-hybridized carbons (Fsp3) is 0.400. The van der Waals surface area contributed by atoms with Gasteiger partial charge in [-0.25, -0.2) is 0 Å². The van der Waals surface area contributed by atoms with Crippen LogP contribution in [0.15, 0.2) is 53.4 Å². The van der Waals surface area contributed by atoms with Crippen LogP contribution in [0.5, 0.6) is 0 Å². The summed E-state index contributed by atoms with van der Waals surface area (Å²) in [7, 11) is 0. The van der Waals surface area contributed by atoms with Gasteiger partial charge in [0.05, 0.1) is 6.10 Å². The lowest BCUT2D eigenvalue weighted by molar-refractivity contribution is 0.170. The van der Waals surface area contributed by atoms with Crippen molar-refractivity contribution in [1.29, 1.82) is 0 Å². The average Bonchev–Trinajstić information content (AvgIpc) is 2.59. The summed E-state index contributed by atoms with van der Waals surface area (Å²) in [5, 5.41) is 13.8. The normalized spacial score (nSPS) is 13.7. The van der Waals surface area contributed by atoms with Crippen LogP contribution in [0.3, 0.4) is 0 Å². The van der Waals surface area contributed by atoms with Crippen LogP contribution in [0.4, 0.5) is 0 Å². The monoisotopic (exact) mass is 329 g/mol. The molecule has 0 saturated carbocycles. The summed E-state index contributed by atoms with van der Waals surface area (Å²) in [5.41, 5.74) is 3.62. The van der Waals surface area contributed by atoms with Gasteiger partial charge in [-0.3, -0.25) is 0 Å². The smallest absolute Gasteiger partial charge is 0.0914 e. The minimum absolute atomic E-state index is 0.385. The van der Waals surface area contributed by atoms with Gasteiger partial charge >= 0.3 is 0 Å². The van der Waals surface area contributed by atoms with Gasteiger partial charge in [-0.2, -0.15) is 0 Å². The number of aliphatic hydroxyl groups is 1. The van der Waals surface area contributed by atoms with Crippen molar-refractivity contribution in [3.05, 3.63) is 65.2 Å². The van der Waals surface area contributed by atoms with E-state index in [0.29, 0.717) is 12.6 Å². The molecule has 3 heteroatoms. The Morgan fingerprint density at radius 1 is 1.13 bits per heavy atom. The van der Waals surface area contributed by atoms with E-state index in [1.165, 1.54) is 16.0 Å². The Kier molecular flexibility index (Phi) is 7.15. The number of rotatable bonds is 8. The van der Waals surface area contributed by atoms with Gasteiger partial charge in [0.25, 0.3) is 0 Å². The van der Waals surface area contributed by atoms with Crippen LogP contribution in [0.25, 0.3) is 0 Å². The van der Waals surface area contributed by atoms with Crippen LogP contribution in [0.1, 0.15) is 36.1 Å². The lowest BCUT2D eigenvalue weighted by Gasteiger charge is -2.18. The largest absolute Gasteiger partial charge is 0.387 e. The molecule has 23 heavy (non-hydrogen) atoms. The molecule has 0 heterocycles. The number of thioether (sulfide) groups is 1. The lowest BCUT2D eigenvalue weighted by Crippen LogP contribution is -2.30. The number of aliphatic hydroxyl groups excluding tert-OH is 1. The second kappa shape index (κ2) is 9.11. The molecular formula is C20H27NOS. The van der Waals surface area contributed by atoms with Crippen molar-refractivity contribution >= 4 is 11.8 Å². The molecule has 0 spiro atoms. The van der Waals surface area contributed by atoms with Crippen LogP contribution in [-0.2, 0) is 6.42 Å². The van der Waals surface area contributed by atoms with E-state index < -0.39 is 6.10 Å². The molecule has 0 bridgehead atoms. The molecule has 0 amide bonds. The third kappa shape index (κ3) is 5.69. The number of hydrogen-bond donors (Lipinski definition) is 2. The van der Waals surface area contributed by atoms with E-state index in [1.54, 1.807) is 11.8 Å². The molecule has 2 atom stereocenters. The molecule has 0 saturated heterocycles. The third-order valence-corrected chi connectivity index (χ3v) is 5.07. The summed E-state index contributed by atoms with van der Waals surface area (Å²) in [6.45, 7) is 4.87. The number of nitrogens with one attached hydrogen (secondary N) is 1. The number of hydrogen-bond acceptors (Lipinski definition) is 3. The topological polar surface area (TPSA) is 32.3 Å². The van der Waals surface area contributed by atoms with Gasteiger partial charge < -0.3 is 10.4 Å². The van der Waals surface area contributed by atoms with E-state index >= 15 is 0 Å². The first-order valence-corrected chi connectivity index (χ1v) is 9.42. The molecule has 2 aromatic rings. The Balaban J connectivity index is 1.80. The zero-order valence-corrected chi connectivity index (χ0v) is 15.1. The maximum Gasteiger partial charge on any atom is 0.0914 e. The highest BCUT2D eigenvalue weighted by atomic mass is 32.2. The summed E-state index contributed by atoms with van der Waals surface area (Å²) in [5.74, 6) is 0. The van der Waals surface area contributed by atoms with Gasteiger partial charge in [0.15, 0.2) is 0 Å². The maximum atomic E-state index is 10.4. The van der Waals surface area contributed by atoms with Crippen molar-refractivity contribution in [2.45, 2.75) is 43.7 Å². The Labute approximate surface area is 144 Å². The molecule has 0 aliphatic heterocycles. The van der Waals surface area contributed by atoms with Crippen molar-refractivity contribution in [1.82, 2.24) is 5.32 Å². The minimum Gasteiger partial charge on any atom is -0.387 e. The Bertz CT molecular complexity index is 600. The van der Waals surface area contributed by atoms with Gasteiger partial charge in [-0.15, -0.1) is 11.8 Å². The lowest BCUT2D eigenvalue weighted by atomic mass is 10.0. The van der Waals surface area contributed by atoms with Crippen LogP contribution >= 0.6 is 11.8 Å². The SMILES string of the molecule is CSc1cc(C(O)CNC(C)CCc2ccccc2)ccc1C. The quantitative estimate of drug-likeness (QED) is 0.706. The summed E-state index contributed by atoms with van der Waals surface area (Å²) in [6, 6.07) is 17.1. The Morgan fingerprint density at radius 3 is 2.57 bits per heavy atom. The zero-order valence-electron chi connectivity index (χ0n) is 14.3. The second-order valence-electron chi connectivity index (χ2n) is 6.08. The average molecular weight is 330 g/mol. The highest BCUT2D eigenvalue weighted by molar-refractivity contribution is 7.98. The molecule has 2 N–H and O–H groups in total. The fourth-order valence-corrected chi connectivity index (χ4v) is 3.25. The standard InChI is InChI=1S/C20H27NOS/c1-15-9-12-18(13-20(15)23-3)19(22)14-21-16(2)10-11-17-7-5-4-6-8-17/h4-9,12-13,16,19,21-22H,10-11,14H2,1-3H3. The summed E-state index contributed by atoms with van der Waals surface area (Å²) < 4.78 is 0. The van der Waals surface area contributed by atoms with Gasteiger partial charge in [-0.05, 0) is 55.7 Å². The summed E-state index contributed by atoms with van der Waals surface area (Å²) >= 11 is 1.73. The molecule has 0 fully saturated rings. The molecule has 2 nitrogen and oxygen atoms in total. The molecular weight excluding hydrogens is 302 g/mol. The highest BCUT2D eigenvalue weighted by Gasteiger charge is 2.11. The number of aryl methyl sites for hydroxylation is 2. The summed E-state index contributed by atoms with van der Waals surface area (Å²) in [4.78, 5) is 1.23. The molecule has 0 aromatic heterocycles. The molecule has 2 aromatic carbocycles. The van der Waals surface area contributed by atoms with Gasteiger partial charge in [0.2, 0.25) is 0 Å². The van der Waals surface area contributed by atoms with E-state index in [9.17, 15) is 5.11 Å². The first-order valence-electron chi connectivity index (χ1n) is 8.20. The predicted molar refractivity (Wildman–Crippen MR) is 100 cm³/mol. The van der Waals surface area contributed by atoms with E-state index in [0.717, 1.165) is 18.4 Å². The highest BCUT2D eigenvalue weighted by Crippen LogP contribution is 2.24. The molecule has 124 valence electrons. The molecule has 2 unspecified atom stereocenters. The van der Waals surface area contributed by atoms with Crippen LogP contribution < -0.4 is 5.32 Å². The van der Waals surface area contributed by atoms with E-state index in [2.05, 4.69) is 61.8 Å². The zero-order chi connectivity index (χ0) is 16.7. The Morgan fingerprint density at radius 2 is 1.87 bits per heavy atom. The van der Waals surface area contributed by atoms with Gasteiger partial charge in [0.1, 0.15) is 0 Å². The van der Waals surface area contributed by atoms with E-state index in [-0.39, 0.29) is 0 Å². The van der Waals surface area contributed by atoms with Crippen LogP contribution in [0.2, 0.25) is 0 Å². The summed E-state index contributed by atoms with van der Waals surface area (Å²) in [6.07, 6.45) is 3.75. The van der Waals surface area contributed by atoms with E-state index in [1.807, 2.05) is 12.1 Å². The first kappa shape index (κ1) is 18.1. The van der Waals surface area contributed by atoms with Crippen molar-refractivity contribution in [2.75, 3.05) is 12.8 Å². The Hall–Kier alpha value is -1.29. The van der Waals surface area contributed by atoms with Crippen molar-refractivity contribution < 1.29 is 5.11 Å². The van der Waals surface area contributed by atoms with Crippen LogP contribution in [0, 0.1) is 6.92 Å². The predicted octanol–water partition coefficient (Wildman–Crippen LogP) is 4.36. The van der Waals surface area contributed by atoms with Crippen LogP contribution in [-0.4, -0.2) is 23.9 Å². The third-order valence-electron chi connectivity index (χ3n) is 4.19. The van der Waals surface area contributed by atoms with Crippen molar-refractivity contribution in [3.63, 3.8) is 0 Å². The molecule has 0 radical (unpaired) electrons. The van der Waals surface area contributed by atoms with Gasteiger partial charge in [-0.1, -0.05) is 42.5 Å². The maximum absolute atomic E-state index is 10.4. The van der Waals surface area contributed by atoms with Crippen molar-refractivity contribution in [3.8, 4) is 0 Å². The fourth-order valence-electron chi connectivity index (χ4n) is 2.60. The minimum atomic E-state index is -0.458. The molecule has 2 rings (SSSR count). The van der Waals surface area contributed by atoms with Gasteiger partial charge in [0, 0.05) is 17.5 Å². The molecule has 0 aliphatic carbocycles. The van der Waals surface area contributed by atoms with Crippen molar-refractivity contribution in [2.24, 2.45) is 0 Å². The first-order chi connectivity index (χ1) is 11.1. The number of benzene rings is 2. The second-order valence-corrected chi connectivity index (χ2v) is 6.93. The molecule has 0 aliphatic rings. The van der Waals surface area contributed by atoms with E-state index in [4.69, 9.17) is 0 Å².